The first-order valence-electron chi connectivity index (χ1n) is 4.57. The van der Waals surface area contributed by atoms with Crippen molar-refractivity contribution in [1.29, 1.82) is 0 Å². The average Bonchev–Trinajstić information content (AvgIpc) is 2.64. The van der Waals surface area contributed by atoms with E-state index in [1.165, 1.54) is 12.5 Å². The highest BCUT2D eigenvalue weighted by atomic mass is 32.1. The summed E-state index contributed by atoms with van der Waals surface area (Å²) < 4.78 is 0. The number of rotatable bonds is 2. The summed E-state index contributed by atoms with van der Waals surface area (Å²) in [5.74, 6) is 0.173. The Balaban J connectivity index is 2.50. The Hall–Kier alpha value is -1.55. The van der Waals surface area contributed by atoms with E-state index in [2.05, 4.69) is 9.97 Å². The first kappa shape index (κ1) is 9.98. The van der Waals surface area contributed by atoms with Crippen LogP contribution in [0.2, 0.25) is 0 Å². The van der Waals surface area contributed by atoms with Crippen LogP contribution < -0.4 is 0 Å². The minimum Gasteiger partial charge on any atom is -0.291 e. The Morgan fingerprint density at radius 3 is 2.80 bits per heavy atom. The molecule has 0 N–H and O–H groups in total. The molecule has 0 aliphatic carbocycles. The normalized spacial score (nSPS) is 10.3. The van der Waals surface area contributed by atoms with Crippen LogP contribution in [0.25, 0.3) is 10.6 Å². The molecule has 0 unspecified atom stereocenters. The zero-order chi connectivity index (χ0) is 10.8. The number of thiophene rings is 1. The molecular weight excluding hydrogens is 208 g/mol. The lowest BCUT2D eigenvalue weighted by Crippen LogP contribution is -2.01. The van der Waals surface area contributed by atoms with Crippen LogP contribution in [0.4, 0.5) is 0 Å². The molecule has 0 amide bonds. The Kier molecular flexibility index (Phi) is 2.60. The predicted molar refractivity (Wildman–Crippen MR) is 60.1 cm³/mol. The highest BCUT2D eigenvalue weighted by molar-refractivity contribution is 7.13. The van der Waals surface area contributed by atoms with Gasteiger partial charge in [0.2, 0.25) is 0 Å². The molecule has 2 rings (SSSR count). The third-order valence-electron chi connectivity index (χ3n) is 2.07. The van der Waals surface area contributed by atoms with Gasteiger partial charge in [-0.3, -0.25) is 4.79 Å². The summed E-state index contributed by atoms with van der Waals surface area (Å²) in [6.45, 7) is 3.50. The van der Waals surface area contributed by atoms with Gasteiger partial charge < -0.3 is 0 Å². The molecule has 4 heteroatoms. The van der Waals surface area contributed by atoms with Gasteiger partial charge in [0.15, 0.2) is 11.6 Å². The number of nitrogens with zero attached hydrogens (tertiary/aromatic N) is 2. The van der Waals surface area contributed by atoms with E-state index in [0.717, 1.165) is 10.6 Å². The summed E-state index contributed by atoms with van der Waals surface area (Å²) in [6.07, 6.45) is 1.62. The smallest absolute Gasteiger partial charge is 0.196 e. The topological polar surface area (TPSA) is 42.9 Å². The van der Waals surface area contributed by atoms with E-state index in [4.69, 9.17) is 0 Å². The Labute approximate surface area is 91.8 Å². The lowest BCUT2D eigenvalue weighted by Gasteiger charge is -2.00. The van der Waals surface area contributed by atoms with Crippen LogP contribution in [0.1, 0.15) is 23.1 Å². The third-order valence-corrected chi connectivity index (χ3v) is 3.10. The monoisotopic (exact) mass is 218 g/mol. The van der Waals surface area contributed by atoms with Gasteiger partial charge in [-0.2, -0.15) is 0 Å². The number of aromatic nitrogens is 2. The molecule has 0 bridgehead atoms. The second kappa shape index (κ2) is 3.90. The molecule has 2 aromatic rings. The van der Waals surface area contributed by atoms with E-state index >= 15 is 0 Å². The van der Waals surface area contributed by atoms with E-state index < -0.39 is 0 Å². The Morgan fingerprint density at radius 1 is 1.40 bits per heavy atom. The summed E-state index contributed by atoms with van der Waals surface area (Å²) >= 11 is 1.62. The summed E-state index contributed by atoms with van der Waals surface area (Å²) in [7, 11) is 0. The van der Waals surface area contributed by atoms with Gasteiger partial charge in [0.1, 0.15) is 0 Å². The molecule has 0 aliphatic rings. The van der Waals surface area contributed by atoms with Gasteiger partial charge in [-0.05, 0) is 30.0 Å². The number of hydrogen-bond acceptors (Lipinski definition) is 4. The molecule has 0 atom stereocenters. The summed E-state index contributed by atoms with van der Waals surface area (Å²) in [4.78, 5) is 20.4. The molecule has 2 heterocycles. The molecule has 0 fully saturated rings. The van der Waals surface area contributed by atoms with Gasteiger partial charge in [0.25, 0.3) is 0 Å². The van der Waals surface area contributed by atoms with Crippen LogP contribution in [0, 0.1) is 6.92 Å². The maximum Gasteiger partial charge on any atom is 0.196 e. The van der Waals surface area contributed by atoms with Crippen LogP contribution in [0.3, 0.4) is 0 Å². The number of aryl methyl sites for hydroxylation is 1. The van der Waals surface area contributed by atoms with Crippen molar-refractivity contribution < 1.29 is 4.79 Å². The standard InChI is InChI=1S/C11H10N2OS/c1-7-4-6-15-10(7)9-3-5-12-11(13-9)8(2)14/h3-6H,1-2H3. The zero-order valence-electron chi connectivity index (χ0n) is 8.52. The van der Waals surface area contributed by atoms with Crippen molar-refractivity contribution in [2.24, 2.45) is 0 Å². The van der Waals surface area contributed by atoms with Gasteiger partial charge in [-0.15, -0.1) is 11.3 Å². The van der Waals surface area contributed by atoms with Crippen molar-refractivity contribution in [2.45, 2.75) is 13.8 Å². The number of carbonyl (C=O) groups is 1. The summed E-state index contributed by atoms with van der Waals surface area (Å²) in [6, 6.07) is 3.86. The van der Waals surface area contributed by atoms with E-state index in [1.807, 2.05) is 24.4 Å². The fourth-order valence-electron chi connectivity index (χ4n) is 1.29. The molecule has 0 spiro atoms. The van der Waals surface area contributed by atoms with E-state index in [9.17, 15) is 4.79 Å². The van der Waals surface area contributed by atoms with Crippen LogP contribution in [0.15, 0.2) is 23.7 Å². The van der Waals surface area contributed by atoms with Gasteiger partial charge >= 0.3 is 0 Å². The zero-order valence-corrected chi connectivity index (χ0v) is 9.34. The Morgan fingerprint density at radius 2 is 2.20 bits per heavy atom. The predicted octanol–water partition coefficient (Wildman–Crippen LogP) is 2.72. The quantitative estimate of drug-likeness (QED) is 0.728. The van der Waals surface area contributed by atoms with Crippen molar-refractivity contribution in [1.82, 2.24) is 9.97 Å². The molecule has 15 heavy (non-hydrogen) atoms. The summed E-state index contributed by atoms with van der Waals surface area (Å²) in [5.41, 5.74) is 2.00. The van der Waals surface area contributed by atoms with Crippen LogP contribution >= 0.6 is 11.3 Å². The second-order valence-corrected chi connectivity index (χ2v) is 4.17. The molecule has 76 valence electrons. The molecule has 0 aromatic carbocycles. The lowest BCUT2D eigenvalue weighted by atomic mass is 10.2. The largest absolute Gasteiger partial charge is 0.291 e. The molecule has 0 saturated heterocycles. The molecular formula is C11H10N2OS. The van der Waals surface area contributed by atoms with E-state index in [-0.39, 0.29) is 11.6 Å². The number of Topliss-reactive ketones (excluding diaryl/α,β-unsaturated/α-hetero) is 1. The number of carbonyl (C=O) groups excluding carboxylic acids is 1. The molecule has 3 nitrogen and oxygen atoms in total. The molecule has 0 radical (unpaired) electrons. The maximum atomic E-state index is 11.1. The first-order chi connectivity index (χ1) is 7.18. The van der Waals surface area contributed by atoms with E-state index in [1.54, 1.807) is 17.5 Å². The average molecular weight is 218 g/mol. The highest BCUT2D eigenvalue weighted by Crippen LogP contribution is 2.26. The van der Waals surface area contributed by atoms with Crippen LogP contribution in [0.5, 0.6) is 0 Å². The number of ketones is 1. The molecule has 2 aromatic heterocycles. The van der Waals surface area contributed by atoms with Gasteiger partial charge in [-0.25, -0.2) is 9.97 Å². The molecule has 0 aliphatic heterocycles. The van der Waals surface area contributed by atoms with Crippen molar-refractivity contribution >= 4 is 17.1 Å². The minimum absolute atomic E-state index is 0.106. The van der Waals surface area contributed by atoms with Gasteiger partial charge in [0, 0.05) is 13.1 Å². The van der Waals surface area contributed by atoms with Gasteiger partial charge in [0.05, 0.1) is 10.6 Å². The molecule has 0 saturated carbocycles. The highest BCUT2D eigenvalue weighted by Gasteiger charge is 2.08. The third kappa shape index (κ3) is 1.94. The fraction of sp³-hybridized carbons (Fsp3) is 0.182. The number of hydrogen-bond donors (Lipinski definition) is 0. The minimum atomic E-state index is -0.106. The second-order valence-electron chi connectivity index (χ2n) is 3.25. The maximum absolute atomic E-state index is 11.1. The Bertz CT molecular complexity index is 505. The van der Waals surface area contributed by atoms with Crippen molar-refractivity contribution in [3.63, 3.8) is 0 Å². The van der Waals surface area contributed by atoms with Crippen molar-refractivity contribution in [3.05, 3.63) is 35.1 Å². The van der Waals surface area contributed by atoms with Crippen molar-refractivity contribution in [3.8, 4) is 10.6 Å². The van der Waals surface area contributed by atoms with Crippen LogP contribution in [-0.4, -0.2) is 15.8 Å². The first-order valence-corrected chi connectivity index (χ1v) is 5.45. The van der Waals surface area contributed by atoms with Crippen molar-refractivity contribution in [2.75, 3.05) is 0 Å². The summed E-state index contributed by atoms with van der Waals surface area (Å²) in [5, 5.41) is 2.01. The SMILES string of the molecule is CC(=O)c1nccc(-c2sccc2C)n1. The van der Waals surface area contributed by atoms with E-state index in [0.29, 0.717) is 0 Å². The van der Waals surface area contributed by atoms with Gasteiger partial charge in [-0.1, -0.05) is 0 Å². The lowest BCUT2D eigenvalue weighted by molar-refractivity contribution is 0.100. The van der Waals surface area contributed by atoms with Crippen LogP contribution in [-0.2, 0) is 0 Å². The fourth-order valence-corrected chi connectivity index (χ4v) is 2.19.